The molecule has 2 unspecified atom stereocenters. The third-order valence-corrected chi connectivity index (χ3v) is 4.07. The van der Waals surface area contributed by atoms with Gasteiger partial charge in [0, 0.05) is 19.6 Å². The Morgan fingerprint density at radius 3 is 2.76 bits per heavy atom. The zero-order valence-corrected chi connectivity index (χ0v) is 11.4. The Morgan fingerprint density at radius 1 is 1.35 bits per heavy atom. The van der Waals surface area contributed by atoms with Gasteiger partial charge in [-0.25, -0.2) is 0 Å². The molecule has 2 atom stereocenters. The van der Waals surface area contributed by atoms with Crippen molar-refractivity contribution in [3.8, 4) is 0 Å². The molecule has 0 saturated carbocycles. The van der Waals surface area contributed by atoms with Crippen LogP contribution in [0.15, 0.2) is 18.2 Å². The van der Waals surface area contributed by atoms with Gasteiger partial charge in [0.15, 0.2) is 0 Å². The minimum Gasteiger partial charge on any atom is -0.393 e. The lowest BCUT2D eigenvalue weighted by molar-refractivity contribution is 0.0320. The first kappa shape index (κ1) is 13.2. The SMILES string of the molecule is CC1CN(Cc2ccc(Cl)c(Cl)c2)CCC1O. The van der Waals surface area contributed by atoms with E-state index >= 15 is 0 Å². The molecule has 1 fully saturated rings. The Hall–Kier alpha value is -0.280. The van der Waals surface area contributed by atoms with Gasteiger partial charge in [0.05, 0.1) is 16.1 Å². The third kappa shape index (κ3) is 3.35. The zero-order chi connectivity index (χ0) is 12.4. The highest BCUT2D eigenvalue weighted by Gasteiger charge is 2.23. The second-order valence-corrected chi connectivity index (χ2v) is 5.63. The number of aliphatic hydroxyl groups is 1. The number of hydrogen-bond acceptors (Lipinski definition) is 2. The molecule has 1 aromatic carbocycles. The Kier molecular flexibility index (Phi) is 4.31. The summed E-state index contributed by atoms with van der Waals surface area (Å²) in [6.07, 6.45) is 0.697. The highest BCUT2D eigenvalue weighted by atomic mass is 35.5. The third-order valence-electron chi connectivity index (χ3n) is 3.33. The fourth-order valence-corrected chi connectivity index (χ4v) is 2.58. The van der Waals surface area contributed by atoms with Crippen LogP contribution >= 0.6 is 23.2 Å². The van der Waals surface area contributed by atoms with Gasteiger partial charge in [-0.3, -0.25) is 4.90 Å². The van der Waals surface area contributed by atoms with Gasteiger partial charge in [-0.2, -0.15) is 0 Å². The number of rotatable bonds is 2. The molecule has 1 N–H and O–H groups in total. The molecule has 0 bridgehead atoms. The molecule has 2 rings (SSSR count). The normalized spacial score (nSPS) is 26.1. The van der Waals surface area contributed by atoms with Crippen molar-refractivity contribution >= 4 is 23.2 Å². The molecule has 1 aliphatic heterocycles. The van der Waals surface area contributed by atoms with Crippen LogP contribution in [0.25, 0.3) is 0 Å². The van der Waals surface area contributed by atoms with Crippen LogP contribution in [-0.2, 0) is 6.54 Å². The summed E-state index contributed by atoms with van der Waals surface area (Å²) in [5.41, 5.74) is 1.17. The quantitative estimate of drug-likeness (QED) is 0.895. The van der Waals surface area contributed by atoms with Crippen molar-refractivity contribution in [2.45, 2.75) is 26.0 Å². The summed E-state index contributed by atoms with van der Waals surface area (Å²) < 4.78 is 0. The average Bonchev–Trinajstić information content (AvgIpc) is 2.29. The van der Waals surface area contributed by atoms with Gasteiger partial charge in [-0.05, 0) is 30.0 Å². The molecule has 0 aromatic heterocycles. The summed E-state index contributed by atoms with van der Waals surface area (Å²) >= 11 is 11.9. The zero-order valence-electron chi connectivity index (χ0n) is 9.87. The first-order valence-corrected chi connectivity index (χ1v) is 6.66. The van der Waals surface area contributed by atoms with E-state index in [1.165, 1.54) is 5.56 Å². The largest absolute Gasteiger partial charge is 0.393 e. The fourth-order valence-electron chi connectivity index (χ4n) is 2.26. The smallest absolute Gasteiger partial charge is 0.0595 e. The Balaban J connectivity index is 1.99. The van der Waals surface area contributed by atoms with Crippen molar-refractivity contribution in [3.63, 3.8) is 0 Å². The number of piperidine rings is 1. The molecule has 1 saturated heterocycles. The maximum Gasteiger partial charge on any atom is 0.0595 e. The van der Waals surface area contributed by atoms with Crippen molar-refractivity contribution in [1.82, 2.24) is 4.90 Å². The van der Waals surface area contributed by atoms with E-state index in [0.717, 1.165) is 26.1 Å². The topological polar surface area (TPSA) is 23.5 Å². The number of hydrogen-bond donors (Lipinski definition) is 1. The van der Waals surface area contributed by atoms with E-state index in [4.69, 9.17) is 23.2 Å². The maximum absolute atomic E-state index is 9.68. The second-order valence-electron chi connectivity index (χ2n) is 4.82. The number of aliphatic hydroxyl groups excluding tert-OH is 1. The van der Waals surface area contributed by atoms with E-state index in [9.17, 15) is 5.11 Å². The molecule has 4 heteroatoms. The van der Waals surface area contributed by atoms with Crippen LogP contribution in [0.4, 0.5) is 0 Å². The molecule has 1 aliphatic rings. The van der Waals surface area contributed by atoms with Gasteiger partial charge in [-0.1, -0.05) is 36.2 Å². The van der Waals surface area contributed by atoms with E-state index in [1.54, 1.807) is 0 Å². The average molecular weight is 274 g/mol. The van der Waals surface area contributed by atoms with Crippen molar-refractivity contribution < 1.29 is 5.11 Å². The summed E-state index contributed by atoms with van der Waals surface area (Å²) in [6.45, 7) is 4.83. The van der Waals surface area contributed by atoms with Gasteiger partial charge in [0.25, 0.3) is 0 Å². The van der Waals surface area contributed by atoms with Gasteiger partial charge < -0.3 is 5.11 Å². The molecule has 2 nitrogen and oxygen atoms in total. The van der Waals surface area contributed by atoms with Crippen LogP contribution in [0.1, 0.15) is 18.9 Å². The van der Waals surface area contributed by atoms with Crippen LogP contribution in [0, 0.1) is 5.92 Å². The van der Waals surface area contributed by atoms with E-state index in [2.05, 4.69) is 11.8 Å². The van der Waals surface area contributed by atoms with Crippen molar-refractivity contribution in [1.29, 1.82) is 0 Å². The molecule has 0 aliphatic carbocycles. The van der Waals surface area contributed by atoms with E-state index < -0.39 is 0 Å². The predicted octanol–water partition coefficient (Wildman–Crippen LogP) is 3.20. The minimum absolute atomic E-state index is 0.153. The lowest BCUT2D eigenvalue weighted by Crippen LogP contribution is -2.41. The molecular weight excluding hydrogens is 257 g/mol. The molecule has 0 amide bonds. The first-order chi connectivity index (χ1) is 8.06. The number of halogens is 2. The van der Waals surface area contributed by atoms with Crippen LogP contribution in [0.5, 0.6) is 0 Å². The first-order valence-electron chi connectivity index (χ1n) is 5.90. The van der Waals surface area contributed by atoms with E-state index in [0.29, 0.717) is 16.0 Å². The van der Waals surface area contributed by atoms with Crippen molar-refractivity contribution in [3.05, 3.63) is 33.8 Å². The highest BCUT2D eigenvalue weighted by molar-refractivity contribution is 6.42. The summed E-state index contributed by atoms with van der Waals surface area (Å²) in [5.74, 6) is 0.339. The molecule has 17 heavy (non-hydrogen) atoms. The standard InChI is InChI=1S/C13H17Cl2NO/c1-9-7-16(5-4-13(9)17)8-10-2-3-11(14)12(15)6-10/h2-3,6,9,13,17H,4-5,7-8H2,1H3. The highest BCUT2D eigenvalue weighted by Crippen LogP contribution is 2.24. The van der Waals surface area contributed by atoms with E-state index in [1.807, 2.05) is 18.2 Å². The van der Waals surface area contributed by atoms with Crippen LogP contribution in [-0.4, -0.2) is 29.2 Å². The summed E-state index contributed by atoms with van der Waals surface area (Å²) in [5, 5.41) is 10.9. The number of likely N-dealkylation sites (tertiary alicyclic amines) is 1. The Labute approximate surface area is 112 Å². The summed E-state index contributed by atoms with van der Waals surface area (Å²) in [6, 6.07) is 5.75. The van der Waals surface area contributed by atoms with Gasteiger partial charge in [0.2, 0.25) is 0 Å². The number of benzene rings is 1. The fraction of sp³-hybridized carbons (Fsp3) is 0.538. The summed E-state index contributed by atoms with van der Waals surface area (Å²) in [4.78, 5) is 2.34. The molecular formula is C13H17Cl2NO. The van der Waals surface area contributed by atoms with Crippen LogP contribution in [0.3, 0.4) is 0 Å². The van der Waals surface area contributed by atoms with Gasteiger partial charge in [0.1, 0.15) is 0 Å². The van der Waals surface area contributed by atoms with Gasteiger partial charge >= 0.3 is 0 Å². The van der Waals surface area contributed by atoms with Crippen LogP contribution < -0.4 is 0 Å². The van der Waals surface area contributed by atoms with E-state index in [-0.39, 0.29) is 6.10 Å². The summed E-state index contributed by atoms with van der Waals surface area (Å²) in [7, 11) is 0. The number of nitrogens with zero attached hydrogens (tertiary/aromatic N) is 1. The lowest BCUT2D eigenvalue weighted by Gasteiger charge is -2.34. The Morgan fingerprint density at radius 2 is 2.12 bits per heavy atom. The molecule has 0 spiro atoms. The van der Waals surface area contributed by atoms with Crippen molar-refractivity contribution in [2.24, 2.45) is 5.92 Å². The predicted molar refractivity (Wildman–Crippen MR) is 71.5 cm³/mol. The molecule has 1 heterocycles. The van der Waals surface area contributed by atoms with Gasteiger partial charge in [-0.15, -0.1) is 0 Å². The second kappa shape index (κ2) is 5.57. The Bertz CT molecular complexity index is 397. The minimum atomic E-state index is -0.153. The molecule has 94 valence electrons. The van der Waals surface area contributed by atoms with Crippen molar-refractivity contribution in [2.75, 3.05) is 13.1 Å². The molecule has 0 radical (unpaired) electrons. The lowest BCUT2D eigenvalue weighted by atomic mass is 9.96. The monoisotopic (exact) mass is 273 g/mol. The molecule has 1 aromatic rings. The van der Waals surface area contributed by atoms with Crippen LogP contribution in [0.2, 0.25) is 10.0 Å². The maximum atomic E-state index is 9.68.